The van der Waals surface area contributed by atoms with E-state index >= 15 is 0 Å². The number of benzene rings is 1. The van der Waals surface area contributed by atoms with Crippen molar-refractivity contribution in [3.63, 3.8) is 0 Å². The smallest absolute Gasteiger partial charge is 0.398 e. The number of nitrogens with one attached hydrogen (secondary N) is 1. The average Bonchev–Trinajstić information content (AvgIpc) is 2.89. The Labute approximate surface area is 136 Å². The fraction of sp³-hybridized carbons (Fsp3) is 0.333. The van der Waals surface area contributed by atoms with Gasteiger partial charge >= 0.3 is 29.6 Å². The van der Waals surface area contributed by atoms with Gasteiger partial charge in [-0.15, -0.1) is 5.71 Å². The number of hydrogen-bond donors (Lipinski definition) is 2. The molecule has 0 radical (unpaired) electrons. The van der Waals surface area contributed by atoms with Crippen LogP contribution < -0.4 is 35.3 Å². The topological polar surface area (TPSA) is 62.2 Å². The fourth-order valence-electron chi connectivity index (χ4n) is 2.18. The van der Waals surface area contributed by atoms with Gasteiger partial charge in [0.25, 0.3) is 0 Å². The molecule has 0 saturated heterocycles. The van der Waals surface area contributed by atoms with E-state index in [1.807, 2.05) is 18.2 Å². The first-order valence-electron chi connectivity index (χ1n) is 6.26. The maximum Gasteiger partial charge on any atom is 1.00 e. The van der Waals surface area contributed by atoms with Gasteiger partial charge in [-0.05, 0) is 42.6 Å². The van der Waals surface area contributed by atoms with Crippen LogP contribution in [-0.2, 0) is 12.8 Å². The van der Waals surface area contributed by atoms with Crippen molar-refractivity contribution < 1.29 is 29.6 Å². The van der Waals surface area contributed by atoms with Gasteiger partial charge in [0.15, 0.2) is 0 Å². The van der Waals surface area contributed by atoms with E-state index in [-0.39, 0.29) is 29.6 Å². The molecule has 0 spiro atoms. The maximum atomic E-state index is 7.33. The summed E-state index contributed by atoms with van der Waals surface area (Å²) in [7, 11) is 0. The molecule has 4 heteroatoms. The van der Waals surface area contributed by atoms with Crippen LogP contribution in [0.25, 0.3) is 0 Å². The van der Waals surface area contributed by atoms with Crippen molar-refractivity contribution in [2.24, 2.45) is 4.99 Å². The summed E-state index contributed by atoms with van der Waals surface area (Å²) >= 11 is 0. The van der Waals surface area contributed by atoms with Crippen LogP contribution in [0.15, 0.2) is 23.2 Å². The van der Waals surface area contributed by atoms with Gasteiger partial charge in [0.1, 0.15) is 0 Å². The Hall–Kier alpha value is -0.900. The number of rotatable bonds is 5. The van der Waals surface area contributed by atoms with Gasteiger partial charge in [0, 0.05) is 17.5 Å². The molecule has 1 aliphatic rings. The number of nitrogens with two attached hydrogens (primary N) is 1. The third kappa shape index (κ3) is 4.03. The number of nitrogen functional groups attached to an aromatic ring is 1. The van der Waals surface area contributed by atoms with Crippen LogP contribution in [0, 0.1) is 11.5 Å². The van der Waals surface area contributed by atoms with Gasteiger partial charge in [-0.2, -0.15) is 0 Å². The Morgan fingerprint density at radius 1 is 1.37 bits per heavy atom. The van der Waals surface area contributed by atoms with E-state index in [1.54, 1.807) is 0 Å². The number of nitrogens with zero attached hydrogens (tertiary/aromatic N) is 1. The van der Waals surface area contributed by atoms with Crippen molar-refractivity contribution in [2.75, 3.05) is 12.3 Å². The number of aryl methyl sites for hydroxylation is 2. The summed E-state index contributed by atoms with van der Waals surface area (Å²) < 4.78 is 0. The molecule has 0 bridgehead atoms. The predicted molar refractivity (Wildman–Crippen MR) is 76.6 cm³/mol. The van der Waals surface area contributed by atoms with Crippen LogP contribution in [0.4, 0.5) is 5.69 Å². The zero-order valence-electron chi connectivity index (χ0n) is 11.7. The first kappa shape index (κ1) is 16.2. The molecule has 3 nitrogen and oxygen atoms in total. The monoisotopic (exact) mass is 263 g/mol. The summed E-state index contributed by atoms with van der Waals surface area (Å²) in [6, 6.07) is 4.03. The maximum absolute atomic E-state index is 7.33. The average molecular weight is 263 g/mol. The summed E-state index contributed by atoms with van der Waals surface area (Å²) in [5.41, 5.74) is 11.1. The van der Waals surface area contributed by atoms with E-state index in [2.05, 4.69) is 18.0 Å². The van der Waals surface area contributed by atoms with Gasteiger partial charge in [-0.3, -0.25) is 6.08 Å². The molecule has 1 aliphatic heterocycles. The molecule has 1 aromatic rings. The number of anilines is 1. The zero-order valence-corrected chi connectivity index (χ0v) is 13.7. The molecule has 3 N–H and O–H groups in total. The molecular formula is C15H18N3Na. The second-order valence-corrected chi connectivity index (χ2v) is 4.40. The van der Waals surface area contributed by atoms with Gasteiger partial charge < -0.3 is 16.1 Å². The van der Waals surface area contributed by atoms with Crippen LogP contribution in [0.3, 0.4) is 0 Å². The van der Waals surface area contributed by atoms with Crippen LogP contribution in [0.2, 0.25) is 0 Å². The molecule has 0 saturated carbocycles. The number of allylic oxidation sites excluding steroid dienone is 1. The minimum absolute atomic E-state index is 0. The molecule has 19 heavy (non-hydrogen) atoms. The Morgan fingerprint density at radius 2 is 2.16 bits per heavy atom. The van der Waals surface area contributed by atoms with Gasteiger partial charge in [0.2, 0.25) is 0 Å². The Balaban J connectivity index is 0.00000180. The third-order valence-electron chi connectivity index (χ3n) is 3.23. The first-order chi connectivity index (χ1) is 8.74. The quantitative estimate of drug-likeness (QED) is 0.322. The van der Waals surface area contributed by atoms with Crippen molar-refractivity contribution in [3.05, 3.63) is 41.0 Å². The van der Waals surface area contributed by atoms with Crippen molar-refractivity contribution >= 4 is 17.6 Å². The molecule has 1 heterocycles. The number of hydrogen-bond acceptors (Lipinski definition) is 3. The van der Waals surface area contributed by atoms with Crippen LogP contribution in [0.5, 0.6) is 0 Å². The Bertz CT molecular complexity index is 518. The van der Waals surface area contributed by atoms with Gasteiger partial charge in [-0.25, -0.2) is 6.08 Å². The molecule has 0 amide bonds. The predicted octanol–water partition coefficient (Wildman–Crippen LogP) is -0.421. The van der Waals surface area contributed by atoms with E-state index in [9.17, 15) is 0 Å². The minimum Gasteiger partial charge on any atom is -0.398 e. The van der Waals surface area contributed by atoms with Crippen molar-refractivity contribution in [2.45, 2.75) is 26.2 Å². The van der Waals surface area contributed by atoms with E-state index in [0.717, 1.165) is 30.5 Å². The molecule has 0 aliphatic carbocycles. The summed E-state index contributed by atoms with van der Waals surface area (Å²) in [5, 5.41) is 7.33. The summed E-state index contributed by atoms with van der Waals surface area (Å²) in [5.74, 6) is 0. The van der Waals surface area contributed by atoms with Crippen LogP contribution in [-0.4, -0.2) is 18.5 Å². The zero-order chi connectivity index (χ0) is 13.0. The molecule has 0 fully saturated rings. The molecule has 94 valence electrons. The molecule has 0 atom stereocenters. The second kappa shape index (κ2) is 7.63. The van der Waals surface area contributed by atoms with Crippen LogP contribution in [0.1, 0.15) is 30.0 Å². The minimum atomic E-state index is 0. The summed E-state index contributed by atoms with van der Waals surface area (Å²) in [4.78, 5) is 4.34. The number of aliphatic imine (C=N–C) groups is 1. The molecule has 0 aromatic heterocycles. The Kier molecular flexibility index (Phi) is 6.49. The molecule has 1 aromatic carbocycles. The molecular weight excluding hydrogens is 245 g/mol. The first-order valence-corrected chi connectivity index (χ1v) is 6.26. The summed E-state index contributed by atoms with van der Waals surface area (Å²) in [6.45, 7) is 2.83. The van der Waals surface area contributed by atoms with Gasteiger partial charge in [-0.1, -0.05) is 13.3 Å². The van der Waals surface area contributed by atoms with Crippen molar-refractivity contribution in [3.8, 4) is 0 Å². The SMILES string of the molecule is CCc1cc(C=N)c(N)cc1CCC1=NC[C-]=C1.[Na+]. The second-order valence-electron chi connectivity index (χ2n) is 4.40. The van der Waals surface area contributed by atoms with Crippen LogP contribution >= 0.6 is 0 Å². The largest absolute Gasteiger partial charge is 1.00 e. The van der Waals surface area contributed by atoms with Gasteiger partial charge in [0.05, 0.1) is 0 Å². The molecule has 2 rings (SSSR count). The van der Waals surface area contributed by atoms with E-state index in [1.165, 1.54) is 17.3 Å². The summed E-state index contributed by atoms with van der Waals surface area (Å²) in [6.07, 6.45) is 9.22. The normalized spacial score (nSPS) is 13.0. The molecule has 0 unspecified atom stereocenters. The Morgan fingerprint density at radius 3 is 2.74 bits per heavy atom. The van der Waals surface area contributed by atoms with E-state index in [0.29, 0.717) is 12.2 Å². The van der Waals surface area contributed by atoms with Crippen molar-refractivity contribution in [1.82, 2.24) is 0 Å². The van der Waals surface area contributed by atoms with E-state index in [4.69, 9.17) is 11.1 Å². The van der Waals surface area contributed by atoms with E-state index < -0.39 is 0 Å². The fourth-order valence-corrected chi connectivity index (χ4v) is 2.18. The third-order valence-corrected chi connectivity index (χ3v) is 3.23. The standard InChI is InChI=1S/C15H18N3.Na/c1-2-11-8-13(10-16)15(17)9-12(11)5-6-14-4-3-7-18-14;/h4,8-10,16H,2,5-7,17H2,1H3;/q-1;+1. The van der Waals surface area contributed by atoms with Crippen molar-refractivity contribution in [1.29, 1.82) is 5.41 Å².